The van der Waals surface area contributed by atoms with Crippen LogP contribution in [-0.2, 0) is 10.3 Å². The van der Waals surface area contributed by atoms with E-state index in [2.05, 4.69) is 4.79 Å². The van der Waals surface area contributed by atoms with E-state index in [1.54, 1.807) is 0 Å². The average Bonchev–Trinajstić information content (AvgIpc) is 1.35. The van der Waals surface area contributed by atoms with Gasteiger partial charge in [-0.05, 0) is 0 Å². The summed E-state index contributed by atoms with van der Waals surface area (Å²) in [5.41, 5.74) is 7.36. The molecule has 0 amide bonds. The topological polar surface area (TPSA) is 70.5 Å². The summed E-state index contributed by atoms with van der Waals surface area (Å²) in [4.78, 5) is 2.07. The van der Waals surface area contributed by atoms with E-state index in [0.717, 1.165) is 0 Å². The Labute approximate surface area is 35.2 Å². The Morgan fingerprint density at radius 2 is 2.17 bits per heavy atom. The van der Waals surface area contributed by atoms with Gasteiger partial charge in [-0.2, -0.15) is 8.42 Å². The first kappa shape index (κ1) is 5.11. The molecule has 32 valence electrons. The van der Waals surface area contributed by atoms with Crippen LogP contribution in [0.1, 0.15) is 0 Å². The molecule has 0 N–H and O–H groups in total. The van der Waals surface area contributed by atoms with Gasteiger partial charge in [-0.15, -0.1) is 0 Å². The summed E-state index contributed by atoms with van der Waals surface area (Å²) in [6, 6.07) is 0. The first-order valence-electron chi connectivity index (χ1n) is 0.961. The van der Waals surface area contributed by atoms with Crippen molar-refractivity contribution >= 4 is 15.5 Å². The summed E-state index contributed by atoms with van der Waals surface area (Å²) in [5.74, 6) is 0. The monoisotopic (exact) mass is 104 g/mol. The zero-order valence-corrected chi connectivity index (χ0v) is 3.44. The van der Waals surface area contributed by atoms with Crippen molar-refractivity contribution in [2.75, 3.05) is 0 Å². The third-order valence-electron chi connectivity index (χ3n) is 0.115. The smallest absolute Gasteiger partial charge is 0.347 e. The molecule has 0 fully saturated rings. The van der Waals surface area contributed by atoms with Crippen LogP contribution in [0.4, 0.5) is 0 Å². The molecule has 0 radical (unpaired) electrons. The van der Waals surface area contributed by atoms with Crippen LogP contribution in [0, 0.1) is 0 Å². The maximum absolute atomic E-state index is 9.23. The van der Waals surface area contributed by atoms with Crippen LogP contribution in [0.5, 0.6) is 0 Å². The standard InChI is InChI=1S/CN2O2S/c2-3-1-6(4)5. The number of hydrogen-bond acceptors (Lipinski definition) is 2. The minimum absolute atomic E-state index is 1.31. The van der Waals surface area contributed by atoms with E-state index < -0.39 is 10.3 Å². The fourth-order valence-electron chi connectivity index (χ4n) is 0.0333. The number of rotatable bonds is 0. The van der Waals surface area contributed by atoms with Gasteiger partial charge in [-0.1, -0.05) is 4.79 Å². The van der Waals surface area contributed by atoms with Gasteiger partial charge in [0.05, 0.1) is 0 Å². The van der Waals surface area contributed by atoms with Gasteiger partial charge in [0.15, 0.2) is 0 Å². The zero-order valence-electron chi connectivity index (χ0n) is 2.62. The fourth-order valence-corrected chi connectivity index (χ4v) is 0.100. The second-order valence-electron chi connectivity index (χ2n) is 0.426. The molecule has 0 aromatic rings. The molecule has 5 heteroatoms. The summed E-state index contributed by atoms with van der Waals surface area (Å²) in [7, 11) is -2.48. The number of hydrogen-bond donors (Lipinski definition) is 0. The van der Waals surface area contributed by atoms with Crippen molar-refractivity contribution in [3.8, 4) is 0 Å². The van der Waals surface area contributed by atoms with Crippen molar-refractivity contribution in [3.63, 3.8) is 0 Å². The molecule has 0 saturated heterocycles. The highest BCUT2D eigenvalue weighted by Gasteiger charge is 1.57. The van der Waals surface area contributed by atoms with Crippen molar-refractivity contribution in [3.05, 3.63) is 5.53 Å². The summed E-state index contributed by atoms with van der Waals surface area (Å²) in [6.07, 6.45) is 0. The van der Waals surface area contributed by atoms with E-state index in [1.165, 1.54) is 5.16 Å². The van der Waals surface area contributed by atoms with Gasteiger partial charge in [0.2, 0.25) is 0 Å². The van der Waals surface area contributed by atoms with E-state index in [4.69, 9.17) is 5.53 Å². The van der Waals surface area contributed by atoms with E-state index >= 15 is 0 Å². The lowest BCUT2D eigenvalue weighted by Gasteiger charge is -1.23. The molecule has 0 unspecified atom stereocenters. The van der Waals surface area contributed by atoms with E-state index in [1.807, 2.05) is 0 Å². The quantitative estimate of drug-likeness (QED) is 0.171. The van der Waals surface area contributed by atoms with Crippen molar-refractivity contribution in [1.29, 1.82) is 0 Å². The highest BCUT2D eigenvalue weighted by Crippen LogP contribution is 1.19. The Balaban J connectivity index is 5.25. The van der Waals surface area contributed by atoms with Gasteiger partial charge in [0, 0.05) is 0 Å². The maximum Gasteiger partial charge on any atom is 0.436 e. The molecule has 0 aliphatic carbocycles. The molecule has 0 heterocycles. The summed E-state index contributed by atoms with van der Waals surface area (Å²) < 4.78 is 18.5. The largest absolute Gasteiger partial charge is 0.436 e. The van der Waals surface area contributed by atoms with Gasteiger partial charge >= 0.3 is 15.5 Å². The van der Waals surface area contributed by atoms with E-state index in [9.17, 15) is 8.42 Å². The highest BCUT2D eigenvalue weighted by molar-refractivity contribution is 7.70. The van der Waals surface area contributed by atoms with Gasteiger partial charge in [-0.25, -0.2) is 0 Å². The first-order valence-corrected chi connectivity index (χ1v) is 2.04. The normalized spacial score (nSPS) is 5.33. The lowest BCUT2D eigenvalue weighted by atomic mass is 11.7. The zero-order chi connectivity index (χ0) is 4.99. The Morgan fingerprint density at radius 3 is 2.17 bits per heavy atom. The molecule has 0 saturated carbocycles. The minimum atomic E-state index is -2.48. The molecule has 4 nitrogen and oxygen atoms in total. The predicted octanol–water partition coefficient (Wildman–Crippen LogP) is -0.999. The lowest BCUT2D eigenvalue weighted by Crippen LogP contribution is -1.53. The molecule has 6 heavy (non-hydrogen) atoms. The fraction of sp³-hybridized carbons (Fsp3) is 0. The number of isothiocyanates is 1. The minimum Gasteiger partial charge on any atom is -0.347 e. The Kier molecular flexibility index (Phi) is 2.00. The van der Waals surface area contributed by atoms with E-state index in [-0.39, 0.29) is 0 Å². The third-order valence-corrected chi connectivity index (χ3v) is 0.346. The third kappa shape index (κ3) is 3.11. The Morgan fingerprint density at radius 1 is 1.67 bits per heavy atom. The molecule has 0 atom stereocenters. The second kappa shape index (κ2) is 2.35. The number of nitrogens with zero attached hydrogens (tertiary/aromatic N) is 2. The van der Waals surface area contributed by atoms with Crippen LogP contribution in [0.3, 0.4) is 0 Å². The van der Waals surface area contributed by atoms with Crippen molar-refractivity contribution in [1.82, 2.24) is 0 Å². The molecular formula is CN2O2S. The predicted molar refractivity (Wildman–Crippen MR) is 17.5 cm³/mol. The van der Waals surface area contributed by atoms with Crippen molar-refractivity contribution < 1.29 is 13.2 Å². The van der Waals surface area contributed by atoms with Gasteiger partial charge in [0.25, 0.3) is 0 Å². The average molecular weight is 104 g/mol. The summed E-state index contributed by atoms with van der Waals surface area (Å²) in [5, 5.41) is 1.31. The van der Waals surface area contributed by atoms with E-state index in [0.29, 0.717) is 0 Å². The molecule has 0 aliphatic rings. The SMILES string of the molecule is [N-]=[N+]=C=S(=O)=O. The van der Waals surface area contributed by atoms with Gasteiger partial charge < -0.3 is 5.53 Å². The van der Waals surface area contributed by atoms with Crippen LogP contribution in [0.2, 0.25) is 0 Å². The molecule has 0 aromatic carbocycles. The Hall–Kier alpha value is -0.890. The summed E-state index contributed by atoms with van der Waals surface area (Å²) in [6.45, 7) is 0. The van der Waals surface area contributed by atoms with Crippen LogP contribution in [0.15, 0.2) is 0 Å². The van der Waals surface area contributed by atoms with Crippen LogP contribution in [-0.4, -0.2) is 18.4 Å². The molecule has 0 aromatic heterocycles. The van der Waals surface area contributed by atoms with Crippen molar-refractivity contribution in [2.45, 2.75) is 0 Å². The molecule has 0 bridgehead atoms. The molecule has 0 spiro atoms. The highest BCUT2D eigenvalue weighted by atomic mass is 32.2. The molecule has 0 rings (SSSR count). The summed E-state index contributed by atoms with van der Waals surface area (Å²) >= 11 is 0. The first-order chi connectivity index (χ1) is 2.77. The van der Waals surface area contributed by atoms with Gasteiger partial charge in [0.1, 0.15) is 0 Å². The van der Waals surface area contributed by atoms with Gasteiger partial charge in [-0.3, -0.25) is 0 Å². The van der Waals surface area contributed by atoms with Crippen LogP contribution >= 0.6 is 0 Å². The second-order valence-corrected chi connectivity index (χ2v) is 1.08. The van der Waals surface area contributed by atoms with Crippen molar-refractivity contribution in [2.24, 2.45) is 0 Å². The van der Waals surface area contributed by atoms with Crippen LogP contribution < -0.4 is 0 Å². The molecular weight excluding hydrogens is 104 g/mol. The van der Waals surface area contributed by atoms with Crippen LogP contribution in [0.25, 0.3) is 5.53 Å². The lowest BCUT2D eigenvalue weighted by molar-refractivity contribution is 0.00944. The molecule has 0 aliphatic heterocycles. The Bertz CT molecular complexity index is 194. The maximum atomic E-state index is 9.23.